The molecule has 3 aromatic rings. The highest BCUT2D eigenvalue weighted by atomic mass is 19.1. The van der Waals surface area contributed by atoms with E-state index in [2.05, 4.69) is 5.32 Å². The molecule has 1 aliphatic heterocycles. The van der Waals surface area contributed by atoms with Gasteiger partial charge < -0.3 is 10.1 Å². The van der Waals surface area contributed by atoms with Gasteiger partial charge in [-0.05, 0) is 72.6 Å². The summed E-state index contributed by atoms with van der Waals surface area (Å²) in [5.41, 5.74) is 3.32. The van der Waals surface area contributed by atoms with Crippen molar-refractivity contribution in [2.24, 2.45) is 0 Å². The first-order valence-corrected chi connectivity index (χ1v) is 9.42. The van der Waals surface area contributed by atoms with E-state index in [1.165, 1.54) is 19.1 Å². The number of hydrogen-bond donors (Lipinski definition) is 1. The minimum absolute atomic E-state index is 0.0508. The molecule has 5 nitrogen and oxygen atoms in total. The van der Waals surface area contributed by atoms with Gasteiger partial charge in [0.15, 0.2) is 5.78 Å². The van der Waals surface area contributed by atoms with E-state index in [4.69, 9.17) is 4.74 Å². The van der Waals surface area contributed by atoms with Crippen LogP contribution in [0.5, 0.6) is 0 Å². The normalized spacial score (nSPS) is 15.1. The maximum Gasteiger partial charge on any atom is 0.339 e. The minimum atomic E-state index is -0.539. The topological polar surface area (TPSA) is 72.5 Å². The summed E-state index contributed by atoms with van der Waals surface area (Å²) in [5, 5.41) is 2.78. The Balaban J connectivity index is 1.54. The van der Waals surface area contributed by atoms with E-state index < -0.39 is 12.1 Å². The van der Waals surface area contributed by atoms with Gasteiger partial charge in [-0.25, -0.2) is 9.18 Å². The number of Topliss-reactive ketones (excluding diaryl/α,β-unsaturated/α-hetero) is 1. The Labute approximate surface area is 172 Å². The molecule has 1 heterocycles. The summed E-state index contributed by atoms with van der Waals surface area (Å²) in [6.45, 7) is 1.48. The average Bonchev–Trinajstić information content (AvgIpc) is 2.74. The van der Waals surface area contributed by atoms with Crippen LogP contribution in [0.3, 0.4) is 0 Å². The van der Waals surface area contributed by atoms with Crippen molar-refractivity contribution in [2.45, 2.75) is 19.4 Å². The van der Waals surface area contributed by atoms with E-state index >= 15 is 0 Å². The average molecular weight is 403 g/mol. The molecule has 1 N–H and O–H groups in total. The molecule has 1 amide bonds. The molecule has 0 radical (unpaired) electrons. The summed E-state index contributed by atoms with van der Waals surface area (Å²) in [6, 6.07) is 17.2. The molecule has 0 bridgehead atoms. The van der Waals surface area contributed by atoms with Gasteiger partial charge in [-0.1, -0.05) is 12.1 Å². The summed E-state index contributed by atoms with van der Waals surface area (Å²) >= 11 is 0. The molecule has 1 unspecified atom stereocenters. The molecule has 1 aliphatic rings. The second-order valence-corrected chi connectivity index (χ2v) is 7.11. The predicted molar refractivity (Wildman–Crippen MR) is 109 cm³/mol. The van der Waals surface area contributed by atoms with Crippen molar-refractivity contribution in [3.05, 3.63) is 100 Å². The molecule has 0 saturated heterocycles. The van der Waals surface area contributed by atoms with Crippen LogP contribution in [0.4, 0.5) is 10.1 Å². The van der Waals surface area contributed by atoms with Crippen molar-refractivity contribution in [2.75, 3.05) is 5.32 Å². The number of anilines is 1. The molecule has 0 spiro atoms. The lowest BCUT2D eigenvalue weighted by Crippen LogP contribution is -2.23. The van der Waals surface area contributed by atoms with E-state index in [1.807, 2.05) is 0 Å². The second-order valence-electron chi connectivity index (χ2n) is 7.11. The Morgan fingerprint density at radius 2 is 1.63 bits per heavy atom. The zero-order valence-electron chi connectivity index (χ0n) is 16.1. The van der Waals surface area contributed by atoms with Gasteiger partial charge in [0.1, 0.15) is 11.9 Å². The first-order valence-electron chi connectivity index (χ1n) is 9.42. The van der Waals surface area contributed by atoms with Gasteiger partial charge in [0.25, 0.3) is 5.91 Å². The number of benzene rings is 3. The molecule has 150 valence electrons. The van der Waals surface area contributed by atoms with Crippen LogP contribution in [-0.2, 0) is 11.2 Å². The molecule has 0 aliphatic carbocycles. The fourth-order valence-corrected chi connectivity index (χ4v) is 3.39. The van der Waals surface area contributed by atoms with Gasteiger partial charge in [-0.15, -0.1) is 0 Å². The van der Waals surface area contributed by atoms with Gasteiger partial charge in [0.05, 0.1) is 5.56 Å². The number of esters is 1. The fraction of sp³-hybridized carbons (Fsp3) is 0.125. The van der Waals surface area contributed by atoms with Crippen LogP contribution in [0.1, 0.15) is 55.2 Å². The SMILES string of the molecule is CC(=O)c1ccc(NC(=O)c2ccc3c(c2)CC(c2ccc(F)cc2)OC3=O)cc1. The summed E-state index contributed by atoms with van der Waals surface area (Å²) in [6.07, 6.45) is -0.149. The van der Waals surface area contributed by atoms with Crippen molar-refractivity contribution < 1.29 is 23.5 Å². The minimum Gasteiger partial charge on any atom is -0.454 e. The summed E-state index contributed by atoms with van der Waals surface area (Å²) in [4.78, 5) is 36.4. The number of carbonyl (C=O) groups is 3. The molecule has 0 fully saturated rings. The number of hydrogen-bond acceptors (Lipinski definition) is 4. The predicted octanol–water partition coefficient (Wildman–Crippen LogP) is 4.73. The van der Waals surface area contributed by atoms with Gasteiger partial charge in [-0.3, -0.25) is 9.59 Å². The van der Waals surface area contributed by atoms with Crippen molar-refractivity contribution in [1.82, 2.24) is 0 Å². The molecule has 6 heteroatoms. The maximum atomic E-state index is 13.2. The number of rotatable bonds is 4. The van der Waals surface area contributed by atoms with E-state index in [0.717, 1.165) is 0 Å². The largest absolute Gasteiger partial charge is 0.454 e. The Hall–Kier alpha value is -3.80. The molecular weight excluding hydrogens is 385 g/mol. The van der Waals surface area contributed by atoms with Crippen molar-refractivity contribution in [3.8, 4) is 0 Å². The Morgan fingerprint density at radius 1 is 0.967 bits per heavy atom. The quantitative estimate of drug-likeness (QED) is 0.505. The number of ketones is 1. The third kappa shape index (κ3) is 3.98. The van der Waals surface area contributed by atoms with Gasteiger partial charge >= 0.3 is 5.97 Å². The number of amides is 1. The standard InChI is InChI=1S/C24H18FNO4/c1-14(27)15-4-9-20(10-5-15)26-23(28)17-6-11-21-18(12-17)13-22(30-24(21)29)16-2-7-19(25)8-3-16/h2-12,22H,13H2,1H3,(H,26,28). The lowest BCUT2D eigenvalue weighted by molar-refractivity contribution is 0.0252. The molecule has 1 atom stereocenters. The van der Waals surface area contributed by atoms with Crippen molar-refractivity contribution in [3.63, 3.8) is 0 Å². The zero-order chi connectivity index (χ0) is 21.3. The summed E-state index contributed by atoms with van der Waals surface area (Å²) in [7, 11) is 0. The number of halogens is 1. The van der Waals surface area contributed by atoms with Gasteiger partial charge in [-0.2, -0.15) is 0 Å². The highest BCUT2D eigenvalue weighted by Crippen LogP contribution is 2.31. The zero-order valence-corrected chi connectivity index (χ0v) is 16.1. The summed E-state index contributed by atoms with van der Waals surface area (Å²) < 4.78 is 18.7. The van der Waals surface area contributed by atoms with Crippen LogP contribution in [0.25, 0.3) is 0 Å². The first kappa shape index (κ1) is 19.5. The molecule has 4 rings (SSSR count). The van der Waals surface area contributed by atoms with Crippen LogP contribution < -0.4 is 5.32 Å². The lowest BCUT2D eigenvalue weighted by Gasteiger charge is -2.25. The van der Waals surface area contributed by atoms with Crippen molar-refractivity contribution in [1.29, 1.82) is 0 Å². The number of ether oxygens (including phenoxy) is 1. The molecule has 0 saturated carbocycles. The van der Waals surface area contributed by atoms with Crippen LogP contribution in [0.15, 0.2) is 66.7 Å². The van der Waals surface area contributed by atoms with Crippen LogP contribution in [0, 0.1) is 5.82 Å². The third-order valence-electron chi connectivity index (χ3n) is 5.03. The first-order chi connectivity index (χ1) is 14.4. The Bertz CT molecular complexity index is 1140. The lowest BCUT2D eigenvalue weighted by atomic mass is 9.93. The number of carbonyl (C=O) groups excluding carboxylic acids is 3. The van der Waals surface area contributed by atoms with Crippen LogP contribution in [0.2, 0.25) is 0 Å². The van der Waals surface area contributed by atoms with Crippen LogP contribution in [-0.4, -0.2) is 17.7 Å². The number of nitrogens with one attached hydrogen (secondary N) is 1. The number of cyclic esters (lactones) is 1. The fourth-order valence-electron chi connectivity index (χ4n) is 3.39. The van der Waals surface area contributed by atoms with Crippen molar-refractivity contribution >= 4 is 23.3 Å². The van der Waals surface area contributed by atoms with Gasteiger partial charge in [0, 0.05) is 23.2 Å². The monoisotopic (exact) mass is 403 g/mol. The summed E-state index contributed by atoms with van der Waals surface area (Å²) in [5.74, 6) is -1.22. The molecular formula is C24H18FNO4. The second kappa shape index (κ2) is 7.91. The smallest absolute Gasteiger partial charge is 0.339 e. The molecule has 3 aromatic carbocycles. The highest BCUT2D eigenvalue weighted by molar-refractivity contribution is 6.05. The maximum absolute atomic E-state index is 13.2. The van der Waals surface area contributed by atoms with E-state index in [0.29, 0.717) is 39.9 Å². The van der Waals surface area contributed by atoms with E-state index in [-0.39, 0.29) is 17.5 Å². The third-order valence-corrected chi connectivity index (χ3v) is 5.03. The van der Waals surface area contributed by atoms with Gasteiger partial charge in [0.2, 0.25) is 0 Å². The molecule has 30 heavy (non-hydrogen) atoms. The Morgan fingerprint density at radius 3 is 2.30 bits per heavy atom. The molecule has 0 aromatic heterocycles. The van der Waals surface area contributed by atoms with Crippen LogP contribution >= 0.6 is 0 Å². The Kier molecular flexibility index (Phi) is 5.14. The van der Waals surface area contributed by atoms with E-state index in [1.54, 1.807) is 54.6 Å². The van der Waals surface area contributed by atoms with E-state index in [9.17, 15) is 18.8 Å². The highest BCUT2D eigenvalue weighted by Gasteiger charge is 2.28. The number of fused-ring (bicyclic) bond motifs is 1.